The first-order valence-corrected chi connectivity index (χ1v) is 9.93. The number of hydrogen-bond acceptors (Lipinski definition) is 5. The summed E-state index contributed by atoms with van der Waals surface area (Å²) < 4.78 is 11.1. The van der Waals surface area contributed by atoms with E-state index in [1.165, 1.54) is 11.3 Å². The fourth-order valence-corrected chi connectivity index (χ4v) is 3.63. The Hall–Kier alpha value is -2.37. The van der Waals surface area contributed by atoms with Gasteiger partial charge in [0.15, 0.2) is 0 Å². The Balaban J connectivity index is 1.84. The van der Waals surface area contributed by atoms with Crippen LogP contribution in [0, 0.1) is 0 Å². The number of ether oxygens (including phenoxy) is 2. The number of halogens is 1. The molecule has 0 N–H and O–H groups in total. The molecule has 0 amide bonds. The molecule has 0 bridgehead atoms. The number of nitrogens with zero attached hydrogens (tertiary/aromatic N) is 1. The smallest absolute Gasteiger partial charge is 0.314 e. The average Bonchev–Trinajstić information content (AvgIpc) is 3.17. The number of hydrogen-bond donors (Lipinski definition) is 0. The molecule has 0 saturated carbocycles. The highest BCUT2D eigenvalue weighted by Crippen LogP contribution is 2.36. The van der Waals surface area contributed by atoms with Crippen molar-refractivity contribution in [2.75, 3.05) is 6.61 Å². The van der Waals surface area contributed by atoms with E-state index < -0.39 is 5.92 Å². The number of rotatable bonds is 7. The largest absolute Gasteiger partial charge is 0.488 e. The number of carbonyl (C=O) groups is 1. The minimum Gasteiger partial charge on any atom is -0.488 e. The molecule has 0 aliphatic heterocycles. The molecule has 3 aromatic rings. The first kappa shape index (κ1) is 19.4. The highest BCUT2D eigenvalue weighted by atomic mass is 35.5. The standard InChI is InChI=1S/C21H20ClNO3S/c1-3-25-21(24)14(2)18-13-27-20(23-18)17-11-16(22)9-10-19(17)26-12-15-7-5-4-6-8-15/h4-11,13-14H,3,12H2,1-2H3. The first-order chi connectivity index (χ1) is 13.1. The van der Waals surface area contributed by atoms with Crippen LogP contribution in [0.25, 0.3) is 10.6 Å². The lowest BCUT2D eigenvalue weighted by molar-refractivity contribution is -0.144. The maximum Gasteiger partial charge on any atom is 0.314 e. The topological polar surface area (TPSA) is 48.4 Å². The molecule has 0 aliphatic carbocycles. The van der Waals surface area contributed by atoms with Gasteiger partial charge in [0.2, 0.25) is 0 Å². The molecular formula is C21H20ClNO3S. The molecular weight excluding hydrogens is 382 g/mol. The van der Waals surface area contributed by atoms with E-state index in [4.69, 9.17) is 21.1 Å². The van der Waals surface area contributed by atoms with E-state index in [0.717, 1.165) is 16.1 Å². The second kappa shape index (κ2) is 9.02. The Morgan fingerprint density at radius 1 is 1.22 bits per heavy atom. The Kier molecular flexibility index (Phi) is 6.48. The van der Waals surface area contributed by atoms with E-state index in [1.54, 1.807) is 19.9 Å². The lowest BCUT2D eigenvalue weighted by Gasteiger charge is -2.11. The maximum absolute atomic E-state index is 12.0. The Bertz CT molecular complexity index is 911. The van der Waals surface area contributed by atoms with Gasteiger partial charge >= 0.3 is 5.97 Å². The van der Waals surface area contributed by atoms with Gasteiger partial charge in [-0.1, -0.05) is 41.9 Å². The van der Waals surface area contributed by atoms with Gasteiger partial charge in [-0.05, 0) is 37.6 Å². The molecule has 0 fully saturated rings. The summed E-state index contributed by atoms with van der Waals surface area (Å²) in [4.78, 5) is 16.6. The molecule has 0 aliphatic rings. The summed E-state index contributed by atoms with van der Waals surface area (Å²) in [7, 11) is 0. The number of benzene rings is 2. The van der Waals surface area contributed by atoms with Crippen LogP contribution >= 0.6 is 22.9 Å². The fraction of sp³-hybridized carbons (Fsp3) is 0.238. The predicted octanol–water partition coefficient (Wildman–Crippen LogP) is 5.71. The van der Waals surface area contributed by atoms with Gasteiger partial charge in [-0.2, -0.15) is 0 Å². The van der Waals surface area contributed by atoms with Crippen molar-refractivity contribution < 1.29 is 14.3 Å². The summed E-state index contributed by atoms with van der Waals surface area (Å²) in [6, 6.07) is 15.4. The highest BCUT2D eigenvalue weighted by molar-refractivity contribution is 7.13. The minimum atomic E-state index is -0.414. The zero-order valence-electron chi connectivity index (χ0n) is 15.1. The van der Waals surface area contributed by atoms with Crippen LogP contribution in [-0.4, -0.2) is 17.6 Å². The van der Waals surface area contributed by atoms with Crippen LogP contribution in [0.3, 0.4) is 0 Å². The van der Waals surface area contributed by atoms with Crippen molar-refractivity contribution in [3.05, 3.63) is 70.2 Å². The Labute approximate surface area is 167 Å². The van der Waals surface area contributed by atoms with Gasteiger partial charge in [0.25, 0.3) is 0 Å². The summed E-state index contributed by atoms with van der Waals surface area (Å²) >= 11 is 7.65. The van der Waals surface area contributed by atoms with E-state index in [-0.39, 0.29) is 5.97 Å². The molecule has 0 radical (unpaired) electrons. The molecule has 3 rings (SSSR count). The molecule has 1 atom stereocenters. The van der Waals surface area contributed by atoms with Crippen LogP contribution in [0.4, 0.5) is 0 Å². The average molecular weight is 402 g/mol. The second-order valence-electron chi connectivity index (χ2n) is 5.97. The van der Waals surface area contributed by atoms with E-state index in [0.29, 0.717) is 29.7 Å². The summed E-state index contributed by atoms with van der Waals surface area (Å²) in [6.45, 7) is 4.39. The molecule has 6 heteroatoms. The normalized spacial score (nSPS) is 11.8. The SMILES string of the molecule is CCOC(=O)C(C)c1csc(-c2cc(Cl)ccc2OCc2ccccc2)n1. The van der Waals surface area contributed by atoms with Crippen LogP contribution in [0.1, 0.15) is 31.0 Å². The first-order valence-electron chi connectivity index (χ1n) is 8.67. The van der Waals surface area contributed by atoms with Gasteiger partial charge in [0.05, 0.1) is 23.8 Å². The van der Waals surface area contributed by atoms with E-state index in [2.05, 4.69) is 4.98 Å². The van der Waals surface area contributed by atoms with E-state index >= 15 is 0 Å². The molecule has 0 spiro atoms. The van der Waals surface area contributed by atoms with Crippen LogP contribution in [0.5, 0.6) is 5.75 Å². The molecule has 1 unspecified atom stereocenters. The van der Waals surface area contributed by atoms with E-state index in [1.807, 2.05) is 47.8 Å². The third kappa shape index (κ3) is 4.87. The van der Waals surface area contributed by atoms with Crippen molar-refractivity contribution in [2.24, 2.45) is 0 Å². The number of carbonyl (C=O) groups excluding carboxylic acids is 1. The maximum atomic E-state index is 12.0. The van der Waals surface area contributed by atoms with Crippen LogP contribution in [0.15, 0.2) is 53.9 Å². The summed E-state index contributed by atoms with van der Waals surface area (Å²) in [5.41, 5.74) is 2.57. The van der Waals surface area contributed by atoms with Crippen LogP contribution in [-0.2, 0) is 16.1 Å². The number of esters is 1. The summed E-state index contributed by atoms with van der Waals surface area (Å²) in [6.07, 6.45) is 0. The van der Waals surface area contributed by atoms with E-state index in [9.17, 15) is 4.79 Å². The van der Waals surface area contributed by atoms with Crippen molar-refractivity contribution in [3.8, 4) is 16.3 Å². The van der Waals surface area contributed by atoms with Crippen molar-refractivity contribution >= 4 is 28.9 Å². The lowest BCUT2D eigenvalue weighted by atomic mass is 10.1. The van der Waals surface area contributed by atoms with Crippen LogP contribution in [0.2, 0.25) is 5.02 Å². The third-order valence-corrected chi connectivity index (χ3v) is 5.14. The van der Waals surface area contributed by atoms with Gasteiger partial charge in [-0.25, -0.2) is 4.98 Å². The van der Waals surface area contributed by atoms with Gasteiger partial charge < -0.3 is 9.47 Å². The zero-order chi connectivity index (χ0) is 19.2. The fourth-order valence-electron chi connectivity index (χ4n) is 2.53. The van der Waals surface area contributed by atoms with Crippen molar-refractivity contribution in [1.29, 1.82) is 0 Å². The second-order valence-corrected chi connectivity index (χ2v) is 7.26. The lowest BCUT2D eigenvalue weighted by Crippen LogP contribution is -2.13. The van der Waals surface area contributed by atoms with Gasteiger partial charge in [0.1, 0.15) is 17.4 Å². The minimum absolute atomic E-state index is 0.277. The summed E-state index contributed by atoms with van der Waals surface area (Å²) in [5, 5.41) is 3.23. The summed E-state index contributed by atoms with van der Waals surface area (Å²) in [5.74, 6) is 0.0109. The molecule has 4 nitrogen and oxygen atoms in total. The van der Waals surface area contributed by atoms with Gasteiger partial charge in [-0.3, -0.25) is 4.79 Å². The quantitative estimate of drug-likeness (QED) is 0.476. The molecule has 140 valence electrons. The van der Waals surface area contributed by atoms with Crippen molar-refractivity contribution in [2.45, 2.75) is 26.4 Å². The Morgan fingerprint density at radius 2 is 2.00 bits per heavy atom. The molecule has 0 saturated heterocycles. The highest BCUT2D eigenvalue weighted by Gasteiger charge is 2.21. The molecule has 1 heterocycles. The third-order valence-electron chi connectivity index (χ3n) is 4.01. The predicted molar refractivity (Wildman–Crippen MR) is 108 cm³/mol. The van der Waals surface area contributed by atoms with Gasteiger partial charge in [-0.15, -0.1) is 11.3 Å². The number of aromatic nitrogens is 1. The molecule has 27 heavy (non-hydrogen) atoms. The zero-order valence-corrected chi connectivity index (χ0v) is 16.7. The monoisotopic (exact) mass is 401 g/mol. The number of thiazole rings is 1. The van der Waals surface area contributed by atoms with Crippen molar-refractivity contribution in [1.82, 2.24) is 4.98 Å². The van der Waals surface area contributed by atoms with Gasteiger partial charge in [0, 0.05) is 10.4 Å². The van der Waals surface area contributed by atoms with Crippen LogP contribution < -0.4 is 4.74 Å². The van der Waals surface area contributed by atoms with Crippen molar-refractivity contribution in [3.63, 3.8) is 0 Å². The molecule has 2 aromatic carbocycles. The molecule has 1 aromatic heterocycles. The Morgan fingerprint density at radius 3 is 2.74 bits per heavy atom.